The van der Waals surface area contributed by atoms with Gasteiger partial charge in [-0.1, -0.05) is 43.4 Å². The van der Waals surface area contributed by atoms with Crippen LogP contribution in [0, 0.1) is 6.92 Å². The minimum atomic E-state index is 0.351. The predicted octanol–water partition coefficient (Wildman–Crippen LogP) is 3.98. The molecule has 0 amide bonds. The zero-order valence-corrected chi connectivity index (χ0v) is 12.0. The van der Waals surface area contributed by atoms with E-state index in [-0.39, 0.29) is 0 Å². The zero-order chi connectivity index (χ0) is 13.8. The predicted molar refractivity (Wildman–Crippen MR) is 83.0 cm³/mol. The monoisotopic (exact) mass is 271 g/mol. The van der Waals surface area contributed by atoms with Crippen LogP contribution in [0.4, 0.5) is 0 Å². The lowest BCUT2D eigenvalue weighted by molar-refractivity contribution is 0.478. The van der Waals surface area contributed by atoms with E-state index in [0.29, 0.717) is 4.99 Å². The first-order chi connectivity index (χ1) is 9.11. The molecule has 2 aromatic rings. The molecule has 2 aromatic carbocycles. The van der Waals surface area contributed by atoms with Crippen LogP contribution < -0.4 is 10.5 Å². The van der Waals surface area contributed by atoms with Gasteiger partial charge in [0.2, 0.25) is 0 Å². The number of thiocarbonyl (C=S) groups is 1. The first-order valence-corrected chi connectivity index (χ1v) is 6.69. The van der Waals surface area contributed by atoms with Crippen molar-refractivity contribution in [2.75, 3.05) is 0 Å². The summed E-state index contributed by atoms with van der Waals surface area (Å²) >= 11 is 5.06. The Balaban J connectivity index is 2.34. The molecule has 0 saturated heterocycles. The zero-order valence-electron chi connectivity index (χ0n) is 11.1. The van der Waals surface area contributed by atoms with Crippen LogP contribution in [-0.4, -0.2) is 4.99 Å². The van der Waals surface area contributed by atoms with Crippen LogP contribution in [0.1, 0.15) is 23.6 Å². The van der Waals surface area contributed by atoms with E-state index in [1.807, 2.05) is 37.3 Å². The van der Waals surface area contributed by atoms with Gasteiger partial charge in [0.15, 0.2) is 0 Å². The Hall–Kier alpha value is -1.87. The fraction of sp³-hybridized carbons (Fsp3) is 0.188. The highest BCUT2D eigenvalue weighted by Crippen LogP contribution is 2.29. The first-order valence-electron chi connectivity index (χ1n) is 6.28. The summed E-state index contributed by atoms with van der Waals surface area (Å²) in [4.78, 5) is 0.351. The topological polar surface area (TPSA) is 35.2 Å². The molecule has 0 aliphatic rings. The lowest BCUT2D eigenvalue weighted by atomic mass is 10.1. The van der Waals surface area contributed by atoms with Crippen molar-refractivity contribution in [3.05, 3.63) is 59.2 Å². The van der Waals surface area contributed by atoms with Crippen LogP contribution in [-0.2, 0) is 6.42 Å². The van der Waals surface area contributed by atoms with Crippen LogP contribution in [0.25, 0.3) is 0 Å². The minimum Gasteiger partial charge on any atom is -0.456 e. The number of ether oxygens (including phenoxy) is 1. The van der Waals surface area contributed by atoms with Gasteiger partial charge >= 0.3 is 0 Å². The van der Waals surface area contributed by atoms with Gasteiger partial charge < -0.3 is 10.5 Å². The Kier molecular flexibility index (Phi) is 4.17. The van der Waals surface area contributed by atoms with E-state index in [4.69, 9.17) is 22.7 Å². The van der Waals surface area contributed by atoms with Crippen molar-refractivity contribution in [2.45, 2.75) is 20.3 Å². The molecule has 0 aromatic heterocycles. The third-order valence-corrected chi connectivity index (χ3v) is 3.25. The van der Waals surface area contributed by atoms with Crippen molar-refractivity contribution in [3.8, 4) is 11.5 Å². The molecule has 98 valence electrons. The van der Waals surface area contributed by atoms with E-state index >= 15 is 0 Å². The summed E-state index contributed by atoms with van der Waals surface area (Å²) in [5.74, 6) is 1.53. The number of nitrogens with two attached hydrogens (primary N) is 1. The highest BCUT2D eigenvalue weighted by atomic mass is 32.1. The molecule has 3 heteroatoms. The molecule has 0 unspecified atom stereocenters. The number of hydrogen-bond acceptors (Lipinski definition) is 2. The van der Waals surface area contributed by atoms with Crippen molar-refractivity contribution in [3.63, 3.8) is 0 Å². The van der Waals surface area contributed by atoms with E-state index in [0.717, 1.165) is 29.0 Å². The summed E-state index contributed by atoms with van der Waals surface area (Å²) in [6.07, 6.45) is 1.02. The standard InChI is InChI=1S/C16H17NOS/c1-3-12-7-9-13(10-8-12)18-15-11(2)5-4-6-14(15)16(17)19/h4-10H,3H2,1-2H3,(H2,17,19). The first kappa shape index (κ1) is 13.6. The number of hydrogen-bond donors (Lipinski definition) is 1. The molecule has 0 aliphatic carbocycles. The van der Waals surface area contributed by atoms with Crippen LogP contribution >= 0.6 is 12.2 Å². The quantitative estimate of drug-likeness (QED) is 0.854. The molecule has 0 spiro atoms. The SMILES string of the molecule is CCc1ccc(Oc2c(C)cccc2C(N)=S)cc1. The largest absolute Gasteiger partial charge is 0.456 e. The van der Waals surface area contributed by atoms with Gasteiger partial charge in [-0.25, -0.2) is 0 Å². The summed E-state index contributed by atoms with van der Waals surface area (Å²) < 4.78 is 5.93. The molecule has 2 N–H and O–H groups in total. The highest BCUT2D eigenvalue weighted by Gasteiger charge is 2.10. The maximum absolute atomic E-state index is 5.93. The number of benzene rings is 2. The molecule has 0 fully saturated rings. The van der Waals surface area contributed by atoms with E-state index < -0.39 is 0 Å². The summed E-state index contributed by atoms with van der Waals surface area (Å²) in [6, 6.07) is 13.9. The van der Waals surface area contributed by atoms with Gasteiger partial charge in [-0.05, 0) is 42.7 Å². The van der Waals surface area contributed by atoms with Crippen molar-refractivity contribution in [1.82, 2.24) is 0 Å². The molecule has 0 aliphatic heterocycles. The van der Waals surface area contributed by atoms with Gasteiger partial charge in [0, 0.05) is 0 Å². The molecule has 2 nitrogen and oxygen atoms in total. The van der Waals surface area contributed by atoms with Crippen molar-refractivity contribution in [1.29, 1.82) is 0 Å². The van der Waals surface area contributed by atoms with Gasteiger partial charge in [-0.15, -0.1) is 0 Å². The molecule has 0 saturated carbocycles. The van der Waals surface area contributed by atoms with E-state index in [9.17, 15) is 0 Å². The van der Waals surface area contributed by atoms with Gasteiger partial charge in [0.1, 0.15) is 16.5 Å². The fourth-order valence-corrected chi connectivity index (χ4v) is 2.05. The molecule has 0 heterocycles. The van der Waals surface area contributed by atoms with Gasteiger partial charge in [-0.2, -0.15) is 0 Å². The van der Waals surface area contributed by atoms with Gasteiger partial charge in [0.25, 0.3) is 0 Å². The Morgan fingerprint density at radius 1 is 1.16 bits per heavy atom. The second-order valence-electron chi connectivity index (χ2n) is 4.42. The molecule has 2 rings (SSSR count). The second kappa shape index (κ2) is 5.85. The van der Waals surface area contributed by atoms with Crippen molar-refractivity contribution >= 4 is 17.2 Å². The highest BCUT2D eigenvalue weighted by molar-refractivity contribution is 7.80. The summed E-state index contributed by atoms with van der Waals surface area (Å²) in [7, 11) is 0. The average molecular weight is 271 g/mol. The summed E-state index contributed by atoms with van der Waals surface area (Å²) in [5.41, 5.74) is 8.81. The normalized spacial score (nSPS) is 10.2. The molecule has 19 heavy (non-hydrogen) atoms. The Labute approximate surface area is 119 Å². The smallest absolute Gasteiger partial charge is 0.140 e. The lowest BCUT2D eigenvalue weighted by Crippen LogP contribution is -2.11. The average Bonchev–Trinajstić information content (AvgIpc) is 2.41. The maximum Gasteiger partial charge on any atom is 0.140 e. The van der Waals surface area contributed by atoms with Crippen LogP contribution in [0.5, 0.6) is 11.5 Å². The maximum atomic E-state index is 5.93. The molecule has 0 bridgehead atoms. The lowest BCUT2D eigenvalue weighted by Gasteiger charge is -2.13. The van der Waals surface area contributed by atoms with Crippen molar-refractivity contribution < 1.29 is 4.74 Å². The molecule has 0 radical (unpaired) electrons. The van der Waals surface area contributed by atoms with Crippen LogP contribution in [0.2, 0.25) is 0 Å². The number of aryl methyl sites for hydroxylation is 2. The Morgan fingerprint density at radius 3 is 2.42 bits per heavy atom. The van der Waals surface area contributed by atoms with E-state index in [1.54, 1.807) is 0 Å². The fourth-order valence-electron chi connectivity index (χ4n) is 1.89. The minimum absolute atomic E-state index is 0.351. The molecular formula is C16H17NOS. The Morgan fingerprint density at radius 2 is 1.84 bits per heavy atom. The Bertz CT molecular complexity index is 590. The van der Waals surface area contributed by atoms with Gasteiger partial charge in [0.05, 0.1) is 5.56 Å². The van der Waals surface area contributed by atoms with Crippen LogP contribution in [0.3, 0.4) is 0 Å². The third-order valence-electron chi connectivity index (χ3n) is 3.03. The van der Waals surface area contributed by atoms with Gasteiger partial charge in [-0.3, -0.25) is 0 Å². The summed E-state index contributed by atoms with van der Waals surface area (Å²) in [5, 5.41) is 0. The molecular weight excluding hydrogens is 254 g/mol. The van der Waals surface area contributed by atoms with E-state index in [2.05, 4.69) is 19.1 Å². The van der Waals surface area contributed by atoms with E-state index in [1.165, 1.54) is 5.56 Å². The van der Waals surface area contributed by atoms with Crippen LogP contribution in [0.15, 0.2) is 42.5 Å². The molecule has 0 atom stereocenters. The second-order valence-corrected chi connectivity index (χ2v) is 4.86. The number of para-hydroxylation sites is 1. The summed E-state index contributed by atoms with van der Waals surface area (Å²) in [6.45, 7) is 4.11. The van der Waals surface area contributed by atoms with Crippen molar-refractivity contribution in [2.24, 2.45) is 5.73 Å². The third kappa shape index (κ3) is 3.12. The number of rotatable bonds is 4.